The zero-order chi connectivity index (χ0) is 9.19. The van der Waals surface area contributed by atoms with Crippen molar-refractivity contribution in [3.05, 3.63) is 0 Å². The first kappa shape index (κ1) is 9.93. The van der Waals surface area contributed by atoms with Crippen LogP contribution >= 0.6 is 0 Å². The molecule has 0 aliphatic carbocycles. The molecule has 3 heteroatoms. The zero-order valence-corrected chi connectivity index (χ0v) is 7.89. The van der Waals surface area contributed by atoms with Gasteiger partial charge in [0.2, 0.25) is 0 Å². The maximum absolute atomic E-state index is 13.3. The highest BCUT2D eigenvalue weighted by Crippen LogP contribution is 2.24. The van der Waals surface area contributed by atoms with Crippen LogP contribution in [0.25, 0.3) is 0 Å². The summed E-state index contributed by atoms with van der Waals surface area (Å²) in [4.78, 5) is 1.99. The summed E-state index contributed by atoms with van der Waals surface area (Å²) in [5, 5.41) is 9.32. The fraction of sp³-hybridized carbons (Fsp3) is 1.00. The molecule has 0 radical (unpaired) electrons. The highest BCUT2D eigenvalue weighted by Gasteiger charge is 2.33. The van der Waals surface area contributed by atoms with Crippen molar-refractivity contribution in [1.29, 1.82) is 0 Å². The van der Waals surface area contributed by atoms with E-state index in [9.17, 15) is 9.50 Å². The maximum Gasteiger partial charge on any atom is 0.122 e. The number of rotatable bonds is 3. The number of aliphatic hydroxyl groups is 1. The Morgan fingerprint density at radius 1 is 1.67 bits per heavy atom. The van der Waals surface area contributed by atoms with Gasteiger partial charge in [-0.2, -0.15) is 0 Å². The van der Waals surface area contributed by atoms with E-state index in [4.69, 9.17) is 0 Å². The van der Waals surface area contributed by atoms with Crippen LogP contribution in [0.1, 0.15) is 26.7 Å². The van der Waals surface area contributed by atoms with Gasteiger partial charge in [-0.15, -0.1) is 0 Å². The second-order valence-electron chi connectivity index (χ2n) is 3.96. The molecule has 0 aromatic rings. The first-order chi connectivity index (χ1) is 5.53. The van der Waals surface area contributed by atoms with Crippen LogP contribution in [-0.4, -0.2) is 41.4 Å². The largest absolute Gasteiger partial charge is 0.392 e. The van der Waals surface area contributed by atoms with Gasteiger partial charge in [-0.25, -0.2) is 4.39 Å². The molecule has 0 aromatic heterocycles. The lowest BCUT2D eigenvalue weighted by atomic mass is 10.1. The summed E-state index contributed by atoms with van der Waals surface area (Å²) in [5.41, 5.74) is -1.03. The normalized spacial score (nSPS) is 34.0. The first-order valence-electron chi connectivity index (χ1n) is 4.63. The van der Waals surface area contributed by atoms with Crippen molar-refractivity contribution in [1.82, 2.24) is 4.90 Å². The molecule has 0 bridgehead atoms. The Morgan fingerprint density at radius 2 is 2.33 bits per heavy atom. The number of nitrogens with zero attached hydrogens (tertiary/aromatic N) is 1. The van der Waals surface area contributed by atoms with Crippen LogP contribution in [-0.2, 0) is 0 Å². The molecule has 72 valence electrons. The van der Waals surface area contributed by atoms with Gasteiger partial charge in [0.15, 0.2) is 0 Å². The third kappa shape index (κ3) is 2.72. The predicted octanol–water partition coefficient (Wildman–Crippen LogP) is 1.19. The molecule has 2 unspecified atom stereocenters. The van der Waals surface area contributed by atoms with Gasteiger partial charge < -0.3 is 5.11 Å². The molecule has 1 N–H and O–H groups in total. The van der Waals surface area contributed by atoms with Crippen molar-refractivity contribution in [2.45, 2.75) is 38.5 Å². The van der Waals surface area contributed by atoms with Crippen molar-refractivity contribution >= 4 is 0 Å². The summed E-state index contributed by atoms with van der Waals surface area (Å²) in [5.74, 6) is 0. The molecule has 1 heterocycles. The van der Waals surface area contributed by atoms with E-state index in [1.54, 1.807) is 6.92 Å². The van der Waals surface area contributed by atoms with Gasteiger partial charge in [0.25, 0.3) is 0 Å². The number of aliphatic hydroxyl groups excluding tert-OH is 1. The summed E-state index contributed by atoms with van der Waals surface area (Å²) < 4.78 is 13.3. The van der Waals surface area contributed by atoms with Gasteiger partial charge in [0.1, 0.15) is 5.67 Å². The van der Waals surface area contributed by atoms with Crippen molar-refractivity contribution in [3.8, 4) is 0 Å². The number of halogens is 1. The van der Waals surface area contributed by atoms with E-state index in [0.717, 1.165) is 13.0 Å². The molecule has 1 aliphatic heterocycles. The highest BCUT2D eigenvalue weighted by molar-refractivity contribution is 4.87. The fourth-order valence-electron chi connectivity index (χ4n) is 1.60. The van der Waals surface area contributed by atoms with Crippen LogP contribution in [0.4, 0.5) is 4.39 Å². The van der Waals surface area contributed by atoms with Gasteiger partial charge in [0.05, 0.1) is 6.10 Å². The lowest BCUT2D eigenvalue weighted by Crippen LogP contribution is -2.32. The Hall–Kier alpha value is -0.150. The third-order valence-electron chi connectivity index (χ3n) is 2.44. The SMILES string of the molecule is CCC(O)CN1CCC(C)(F)C1. The summed E-state index contributed by atoms with van der Waals surface area (Å²) in [6.45, 7) is 5.45. The van der Waals surface area contributed by atoms with Gasteiger partial charge in [-0.3, -0.25) is 4.90 Å². The minimum atomic E-state index is -1.03. The van der Waals surface area contributed by atoms with Crippen LogP contribution in [0, 0.1) is 0 Å². The predicted molar refractivity (Wildman–Crippen MR) is 46.9 cm³/mol. The van der Waals surface area contributed by atoms with Crippen molar-refractivity contribution < 1.29 is 9.50 Å². The fourth-order valence-corrected chi connectivity index (χ4v) is 1.60. The smallest absolute Gasteiger partial charge is 0.122 e. The quantitative estimate of drug-likeness (QED) is 0.696. The lowest BCUT2D eigenvalue weighted by molar-refractivity contribution is 0.109. The van der Waals surface area contributed by atoms with Crippen LogP contribution < -0.4 is 0 Å². The Balaban J connectivity index is 2.28. The van der Waals surface area contributed by atoms with Crippen LogP contribution in [0.5, 0.6) is 0 Å². The number of β-amino-alcohol motifs (C(OH)–C–C–N with tert-alkyl or cyclic N) is 1. The molecular formula is C9H18FNO. The molecule has 2 atom stereocenters. The van der Waals surface area contributed by atoms with Gasteiger partial charge >= 0.3 is 0 Å². The average Bonchev–Trinajstić information content (AvgIpc) is 2.30. The zero-order valence-electron chi connectivity index (χ0n) is 7.89. The number of alkyl halides is 1. The van der Waals surface area contributed by atoms with E-state index in [-0.39, 0.29) is 6.10 Å². The Bertz CT molecular complexity index is 149. The van der Waals surface area contributed by atoms with Crippen LogP contribution in [0.15, 0.2) is 0 Å². The Morgan fingerprint density at radius 3 is 2.75 bits per heavy atom. The van der Waals surface area contributed by atoms with E-state index < -0.39 is 5.67 Å². The number of hydrogen-bond donors (Lipinski definition) is 1. The lowest BCUT2D eigenvalue weighted by Gasteiger charge is -2.19. The Labute approximate surface area is 73.4 Å². The molecule has 1 aliphatic rings. The van der Waals surface area contributed by atoms with Crippen molar-refractivity contribution in [3.63, 3.8) is 0 Å². The second kappa shape index (κ2) is 3.71. The first-order valence-corrected chi connectivity index (χ1v) is 4.63. The third-order valence-corrected chi connectivity index (χ3v) is 2.44. The second-order valence-corrected chi connectivity index (χ2v) is 3.96. The summed E-state index contributed by atoms with van der Waals surface area (Å²) in [6.07, 6.45) is 1.06. The maximum atomic E-state index is 13.3. The Kier molecular flexibility index (Phi) is 3.07. The van der Waals surface area contributed by atoms with Crippen molar-refractivity contribution in [2.75, 3.05) is 19.6 Å². The van der Waals surface area contributed by atoms with E-state index >= 15 is 0 Å². The molecule has 1 saturated heterocycles. The number of likely N-dealkylation sites (tertiary alicyclic amines) is 1. The standard InChI is InChI=1S/C9H18FNO/c1-3-8(12)6-11-5-4-9(2,10)7-11/h8,12H,3-7H2,1-2H3. The van der Waals surface area contributed by atoms with Gasteiger partial charge in [-0.05, 0) is 19.8 Å². The summed E-state index contributed by atoms with van der Waals surface area (Å²) in [6, 6.07) is 0. The highest BCUT2D eigenvalue weighted by atomic mass is 19.1. The van der Waals surface area contributed by atoms with Gasteiger partial charge in [0, 0.05) is 19.6 Å². The van der Waals surface area contributed by atoms with E-state index in [1.807, 2.05) is 11.8 Å². The monoisotopic (exact) mass is 175 g/mol. The molecular weight excluding hydrogens is 157 g/mol. The molecule has 2 nitrogen and oxygen atoms in total. The molecule has 1 fully saturated rings. The van der Waals surface area contributed by atoms with Gasteiger partial charge in [-0.1, -0.05) is 6.92 Å². The number of hydrogen-bond acceptors (Lipinski definition) is 2. The van der Waals surface area contributed by atoms with E-state index in [2.05, 4.69) is 0 Å². The molecule has 12 heavy (non-hydrogen) atoms. The summed E-state index contributed by atoms with van der Waals surface area (Å²) in [7, 11) is 0. The molecule has 1 rings (SSSR count). The van der Waals surface area contributed by atoms with E-state index in [0.29, 0.717) is 19.5 Å². The molecule has 0 aromatic carbocycles. The molecule has 0 saturated carbocycles. The summed E-state index contributed by atoms with van der Waals surface area (Å²) >= 11 is 0. The topological polar surface area (TPSA) is 23.5 Å². The van der Waals surface area contributed by atoms with Crippen LogP contribution in [0.3, 0.4) is 0 Å². The molecule has 0 spiro atoms. The van der Waals surface area contributed by atoms with E-state index in [1.165, 1.54) is 0 Å². The van der Waals surface area contributed by atoms with Crippen molar-refractivity contribution in [2.24, 2.45) is 0 Å². The minimum Gasteiger partial charge on any atom is -0.392 e. The van der Waals surface area contributed by atoms with Crippen LogP contribution in [0.2, 0.25) is 0 Å². The minimum absolute atomic E-state index is 0.293. The average molecular weight is 175 g/mol. The molecule has 0 amide bonds.